The van der Waals surface area contributed by atoms with Crippen molar-refractivity contribution >= 4 is 5.78 Å². The molecule has 0 bridgehead atoms. The molecule has 0 fully saturated rings. The Morgan fingerprint density at radius 2 is 2.00 bits per heavy atom. The summed E-state index contributed by atoms with van der Waals surface area (Å²) in [6, 6.07) is 0. The molecule has 0 aliphatic heterocycles. The van der Waals surface area contributed by atoms with Gasteiger partial charge in [0.05, 0.1) is 6.26 Å². The van der Waals surface area contributed by atoms with Crippen molar-refractivity contribution in [3.8, 4) is 0 Å². The molecule has 0 aliphatic carbocycles. The van der Waals surface area contributed by atoms with Crippen molar-refractivity contribution in [3.05, 3.63) is 11.8 Å². The summed E-state index contributed by atoms with van der Waals surface area (Å²) >= 11 is 0. The molecule has 0 radical (unpaired) electrons. The average Bonchev–Trinajstić information content (AvgIpc) is 1.84. The van der Waals surface area contributed by atoms with Crippen molar-refractivity contribution in [1.82, 2.24) is 0 Å². The van der Waals surface area contributed by atoms with Crippen molar-refractivity contribution in [2.24, 2.45) is 5.92 Å². The summed E-state index contributed by atoms with van der Waals surface area (Å²) in [7, 11) is 0. The second-order valence-corrected chi connectivity index (χ2v) is 2.33. The monoisotopic (exact) mass is 128 g/mol. The summed E-state index contributed by atoms with van der Waals surface area (Å²) < 4.78 is 0. The highest BCUT2D eigenvalue weighted by Crippen LogP contribution is 2.02. The van der Waals surface area contributed by atoms with E-state index in [1.54, 1.807) is 20.8 Å². The van der Waals surface area contributed by atoms with Crippen molar-refractivity contribution in [2.45, 2.75) is 20.8 Å². The molecule has 52 valence electrons. The Hall–Kier alpha value is -0.790. The van der Waals surface area contributed by atoms with Gasteiger partial charge in [0, 0.05) is 11.5 Å². The fourth-order valence-electron chi connectivity index (χ4n) is 0.519. The second-order valence-electron chi connectivity index (χ2n) is 2.33. The molecule has 0 saturated heterocycles. The van der Waals surface area contributed by atoms with Crippen LogP contribution in [0.25, 0.3) is 0 Å². The van der Waals surface area contributed by atoms with E-state index in [1.807, 2.05) is 0 Å². The van der Waals surface area contributed by atoms with E-state index in [0.717, 1.165) is 6.26 Å². The molecule has 1 N–H and O–H groups in total. The van der Waals surface area contributed by atoms with Crippen molar-refractivity contribution in [2.75, 3.05) is 0 Å². The van der Waals surface area contributed by atoms with E-state index in [-0.39, 0.29) is 11.7 Å². The number of ketones is 1. The van der Waals surface area contributed by atoms with Crippen LogP contribution in [0.3, 0.4) is 0 Å². The molecule has 0 aromatic rings. The standard InChI is InChI=1S/C7H12O2/c1-5(2)7(9)6(3)4-8/h4-5,8H,1-3H3/b6-4-. The Kier molecular flexibility index (Phi) is 2.99. The zero-order valence-electron chi connectivity index (χ0n) is 6.01. The summed E-state index contributed by atoms with van der Waals surface area (Å²) in [4.78, 5) is 10.8. The molecular weight excluding hydrogens is 116 g/mol. The fourth-order valence-corrected chi connectivity index (χ4v) is 0.519. The predicted molar refractivity (Wildman–Crippen MR) is 36.2 cm³/mol. The molecule has 0 aromatic heterocycles. The zero-order chi connectivity index (χ0) is 7.44. The largest absolute Gasteiger partial charge is 0.515 e. The first kappa shape index (κ1) is 8.21. The molecule has 0 spiro atoms. The van der Waals surface area contributed by atoms with Crippen molar-refractivity contribution < 1.29 is 9.90 Å². The van der Waals surface area contributed by atoms with Gasteiger partial charge < -0.3 is 5.11 Å². The number of allylic oxidation sites excluding steroid dienone is 1. The summed E-state index contributed by atoms with van der Waals surface area (Å²) in [6.45, 7) is 5.20. The molecule has 0 aromatic carbocycles. The van der Waals surface area contributed by atoms with Gasteiger partial charge in [0.1, 0.15) is 0 Å². The van der Waals surface area contributed by atoms with E-state index in [2.05, 4.69) is 0 Å². The minimum Gasteiger partial charge on any atom is -0.515 e. The van der Waals surface area contributed by atoms with Gasteiger partial charge >= 0.3 is 0 Å². The molecular formula is C7H12O2. The van der Waals surface area contributed by atoms with Gasteiger partial charge in [-0.05, 0) is 6.92 Å². The van der Waals surface area contributed by atoms with Crippen LogP contribution in [0, 0.1) is 5.92 Å². The third-order valence-corrected chi connectivity index (χ3v) is 1.11. The van der Waals surface area contributed by atoms with Crippen LogP contribution in [-0.2, 0) is 4.79 Å². The Morgan fingerprint density at radius 3 is 2.11 bits per heavy atom. The maximum absolute atomic E-state index is 10.8. The summed E-state index contributed by atoms with van der Waals surface area (Å²) in [5.74, 6) is -0.0223. The third kappa shape index (κ3) is 2.31. The number of hydrogen-bond acceptors (Lipinski definition) is 2. The van der Waals surface area contributed by atoms with E-state index >= 15 is 0 Å². The Labute approximate surface area is 55.2 Å². The van der Waals surface area contributed by atoms with Crippen LogP contribution in [0.2, 0.25) is 0 Å². The van der Waals surface area contributed by atoms with Crippen molar-refractivity contribution in [1.29, 1.82) is 0 Å². The van der Waals surface area contributed by atoms with Crippen LogP contribution in [0.15, 0.2) is 11.8 Å². The first-order valence-electron chi connectivity index (χ1n) is 2.94. The number of carbonyl (C=O) groups is 1. The molecule has 0 rings (SSSR count). The lowest BCUT2D eigenvalue weighted by molar-refractivity contribution is -0.118. The van der Waals surface area contributed by atoms with Gasteiger partial charge in [0.25, 0.3) is 0 Å². The number of carbonyl (C=O) groups excluding carboxylic acids is 1. The molecule has 2 nitrogen and oxygen atoms in total. The highest BCUT2D eigenvalue weighted by molar-refractivity contribution is 5.95. The molecule has 2 heteroatoms. The lowest BCUT2D eigenvalue weighted by atomic mass is 10.0. The summed E-state index contributed by atoms with van der Waals surface area (Å²) in [5.41, 5.74) is 0.421. The highest BCUT2D eigenvalue weighted by Gasteiger charge is 2.07. The molecule has 0 unspecified atom stereocenters. The SMILES string of the molecule is C/C(=C/O)C(=O)C(C)C. The Morgan fingerprint density at radius 1 is 1.56 bits per heavy atom. The molecule has 0 aliphatic rings. The first-order chi connectivity index (χ1) is 4.09. The van der Waals surface area contributed by atoms with Gasteiger partial charge in [-0.15, -0.1) is 0 Å². The maximum Gasteiger partial charge on any atom is 0.164 e. The number of rotatable bonds is 2. The minimum atomic E-state index is -0.0200. The van der Waals surface area contributed by atoms with E-state index in [1.165, 1.54) is 0 Å². The van der Waals surface area contributed by atoms with Gasteiger partial charge in [-0.1, -0.05) is 13.8 Å². The van der Waals surface area contributed by atoms with Gasteiger partial charge in [0.2, 0.25) is 0 Å². The molecule has 9 heavy (non-hydrogen) atoms. The van der Waals surface area contributed by atoms with Gasteiger partial charge in [-0.25, -0.2) is 0 Å². The quantitative estimate of drug-likeness (QED) is 0.453. The van der Waals surface area contributed by atoms with Gasteiger partial charge in [-0.3, -0.25) is 4.79 Å². The minimum absolute atomic E-state index is 0.00231. The van der Waals surface area contributed by atoms with Crippen LogP contribution in [0.5, 0.6) is 0 Å². The van der Waals surface area contributed by atoms with Gasteiger partial charge in [-0.2, -0.15) is 0 Å². The molecule has 0 heterocycles. The van der Waals surface area contributed by atoms with E-state index in [9.17, 15) is 4.79 Å². The lowest BCUT2D eigenvalue weighted by Crippen LogP contribution is -2.07. The Balaban J connectivity index is 4.06. The summed E-state index contributed by atoms with van der Waals surface area (Å²) in [5, 5.41) is 8.37. The Bertz CT molecular complexity index is 134. The maximum atomic E-state index is 10.8. The summed E-state index contributed by atoms with van der Waals surface area (Å²) in [6.07, 6.45) is 0.850. The van der Waals surface area contributed by atoms with Crippen LogP contribution in [0.1, 0.15) is 20.8 Å². The number of aliphatic hydroxyl groups excluding tert-OH is 1. The average molecular weight is 128 g/mol. The van der Waals surface area contributed by atoms with Crippen LogP contribution in [-0.4, -0.2) is 10.9 Å². The smallest absolute Gasteiger partial charge is 0.164 e. The third-order valence-electron chi connectivity index (χ3n) is 1.11. The molecule has 0 amide bonds. The number of hydrogen-bond donors (Lipinski definition) is 1. The van der Waals surface area contributed by atoms with Crippen LogP contribution < -0.4 is 0 Å². The zero-order valence-corrected chi connectivity index (χ0v) is 6.01. The van der Waals surface area contributed by atoms with Crippen LogP contribution in [0.4, 0.5) is 0 Å². The highest BCUT2D eigenvalue weighted by atomic mass is 16.2. The van der Waals surface area contributed by atoms with E-state index in [0.29, 0.717) is 5.57 Å². The van der Waals surface area contributed by atoms with E-state index in [4.69, 9.17) is 5.11 Å². The molecule has 0 atom stereocenters. The first-order valence-corrected chi connectivity index (χ1v) is 2.94. The molecule has 0 saturated carbocycles. The van der Waals surface area contributed by atoms with Gasteiger partial charge in [0.15, 0.2) is 5.78 Å². The topological polar surface area (TPSA) is 37.3 Å². The fraction of sp³-hybridized carbons (Fsp3) is 0.571. The number of Topliss-reactive ketones (excluding diaryl/α,β-unsaturated/α-hetero) is 1. The predicted octanol–water partition coefficient (Wildman–Crippen LogP) is 1.67. The van der Waals surface area contributed by atoms with E-state index < -0.39 is 0 Å². The van der Waals surface area contributed by atoms with Crippen LogP contribution >= 0.6 is 0 Å². The number of aliphatic hydroxyl groups is 1. The van der Waals surface area contributed by atoms with Crippen molar-refractivity contribution in [3.63, 3.8) is 0 Å². The second kappa shape index (κ2) is 3.28. The lowest BCUT2D eigenvalue weighted by Gasteiger charge is -2.00. The normalized spacial score (nSPS) is 12.2.